The second kappa shape index (κ2) is 12.4. The van der Waals surface area contributed by atoms with Gasteiger partial charge in [0.25, 0.3) is 0 Å². The average Bonchev–Trinajstić information content (AvgIpc) is 2.99. The number of methoxy groups -OCH3 is 1. The summed E-state index contributed by atoms with van der Waals surface area (Å²) < 4.78 is 32.2. The average molecular weight is 583 g/mol. The fourth-order valence-electron chi connectivity index (χ4n) is 4.93. The van der Waals surface area contributed by atoms with Crippen LogP contribution in [-0.2, 0) is 12.0 Å². The van der Waals surface area contributed by atoms with Gasteiger partial charge in [-0.15, -0.1) is 0 Å². The van der Waals surface area contributed by atoms with Crippen molar-refractivity contribution in [1.29, 1.82) is 0 Å². The van der Waals surface area contributed by atoms with Gasteiger partial charge in [0.05, 0.1) is 36.0 Å². The highest BCUT2D eigenvalue weighted by atomic mass is 19.1. The number of nitrogens with zero attached hydrogens (tertiary/aromatic N) is 2. The Morgan fingerprint density at radius 2 is 1.67 bits per heavy atom. The number of pyridine rings is 2. The molecule has 2 N–H and O–H groups in total. The van der Waals surface area contributed by atoms with Crippen LogP contribution in [0, 0.1) is 12.7 Å². The molecule has 5 rings (SSSR count). The van der Waals surface area contributed by atoms with E-state index in [0.717, 1.165) is 16.7 Å². The second-order valence-electron chi connectivity index (χ2n) is 11.4. The Kier molecular flexibility index (Phi) is 8.62. The molecule has 0 aliphatic rings. The zero-order valence-corrected chi connectivity index (χ0v) is 24.9. The molecule has 1 atom stereocenters. The van der Waals surface area contributed by atoms with Crippen molar-refractivity contribution in [3.8, 4) is 34.3 Å². The van der Waals surface area contributed by atoms with Gasteiger partial charge in [-0.05, 0) is 53.3 Å². The van der Waals surface area contributed by atoms with Crippen LogP contribution < -0.4 is 14.2 Å². The van der Waals surface area contributed by atoms with Gasteiger partial charge in [0.15, 0.2) is 11.5 Å². The highest BCUT2D eigenvalue weighted by Crippen LogP contribution is 2.43. The fourth-order valence-corrected chi connectivity index (χ4v) is 4.93. The first-order valence-electron chi connectivity index (χ1n) is 14.0. The van der Waals surface area contributed by atoms with E-state index in [-0.39, 0.29) is 23.5 Å². The lowest BCUT2D eigenvalue weighted by atomic mass is 9.84. The summed E-state index contributed by atoms with van der Waals surface area (Å²) in [6, 6.07) is 21.5. The number of benzene rings is 3. The molecule has 0 bridgehead atoms. The van der Waals surface area contributed by atoms with Gasteiger partial charge in [0, 0.05) is 23.9 Å². The van der Waals surface area contributed by atoms with Crippen LogP contribution in [0.3, 0.4) is 0 Å². The summed E-state index contributed by atoms with van der Waals surface area (Å²) in [5, 5.41) is 20.8. The predicted octanol–water partition coefficient (Wildman–Crippen LogP) is 7.45. The molecular weight excluding hydrogens is 547 g/mol. The summed E-state index contributed by atoms with van der Waals surface area (Å²) in [5.41, 5.74) is 4.82. The minimum absolute atomic E-state index is 0.184. The SMILES string of the molecule is COc1cc(F)ccc1Oc1cc(C(C)(C)C)cc(C)c1-c1cc(OCc2ccccc2)c2c(C(O)CO)nccc2n1. The van der Waals surface area contributed by atoms with Crippen molar-refractivity contribution in [1.82, 2.24) is 9.97 Å². The highest BCUT2D eigenvalue weighted by molar-refractivity contribution is 5.91. The Hall–Kier alpha value is -4.53. The van der Waals surface area contributed by atoms with E-state index in [1.807, 2.05) is 43.3 Å². The van der Waals surface area contributed by atoms with Crippen LogP contribution in [0.5, 0.6) is 23.0 Å². The number of aryl methyl sites for hydroxylation is 1. The number of rotatable bonds is 9. The van der Waals surface area contributed by atoms with Crippen molar-refractivity contribution in [2.75, 3.05) is 13.7 Å². The van der Waals surface area contributed by atoms with E-state index in [1.54, 1.807) is 18.3 Å². The van der Waals surface area contributed by atoms with Gasteiger partial charge in [-0.2, -0.15) is 0 Å². The Labute approximate surface area is 250 Å². The van der Waals surface area contributed by atoms with E-state index in [2.05, 4.69) is 31.8 Å². The molecule has 43 heavy (non-hydrogen) atoms. The number of fused-ring (bicyclic) bond motifs is 1. The third-order valence-corrected chi connectivity index (χ3v) is 7.21. The molecule has 0 aliphatic carbocycles. The third-order valence-electron chi connectivity index (χ3n) is 7.21. The molecule has 0 aliphatic heterocycles. The summed E-state index contributed by atoms with van der Waals surface area (Å²) in [4.78, 5) is 9.32. The van der Waals surface area contributed by atoms with Crippen LogP contribution >= 0.6 is 0 Å². The van der Waals surface area contributed by atoms with Crippen LogP contribution in [0.25, 0.3) is 22.2 Å². The molecule has 2 heterocycles. The van der Waals surface area contributed by atoms with Gasteiger partial charge in [-0.25, -0.2) is 9.37 Å². The maximum atomic E-state index is 14.0. The van der Waals surface area contributed by atoms with E-state index >= 15 is 0 Å². The maximum absolute atomic E-state index is 14.0. The molecule has 7 nitrogen and oxygen atoms in total. The van der Waals surface area contributed by atoms with Gasteiger partial charge in [0.2, 0.25) is 0 Å². The molecule has 1 unspecified atom stereocenters. The van der Waals surface area contributed by atoms with Crippen molar-refractivity contribution in [3.63, 3.8) is 0 Å². The number of aromatic nitrogens is 2. The van der Waals surface area contributed by atoms with Crippen molar-refractivity contribution in [2.45, 2.75) is 45.8 Å². The van der Waals surface area contributed by atoms with E-state index < -0.39 is 18.5 Å². The molecule has 3 aromatic carbocycles. The molecule has 0 fully saturated rings. The van der Waals surface area contributed by atoms with E-state index in [1.165, 1.54) is 25.3 Å². The first kappa shape index (κ1) is 29.9. The number of hydrogen-bond donors (Lipinski definition) is 2. The maximum Gasteiger partial charge on any atom is 0.169 e. The van der Waals surface area contributed by atoms with Crippen LogP contribution in [0.1, 0.15) is 49.3 Å². The molecule has 0 saturated heterocycles. The fraction of sp³-hybridized carbons (Fsp3) is 0.257. The summed E-state index contributed by atoms with van der Waals surface area (Å²) in [5.74, 6) is 1.14. The van der Waals surface area contributed by atoms with Gasteiger partial charge < -0.3 is 24.4 Å². The molecule has 0 radical (unpaired) electrons. The molecular formula is C35H35FN2O5. The summed E-state index contributed by atoms with van der Waals surface area (Å²) in [7, 11) is 1.47. The van der Waals surface area contributed by atoms with Gasteiger partial charge in [-0.1, -0.05) is 57.2 Å². The Balaban J connectivity index is 1.73. The zero-order valence-electron chi connectivity index (χ0n) is 24.9. The number of aliphatic hydroxyl groups is 2. The molecule has 0 saturated carbocycles. The van der Waals surface area contributed by atoms with Crippen molar-refractivity contribution in [2.24, 2.45) is 0 Å². The van der Waals surface area contributed by atoms with Crippen LogP contribution in [0.2, 0.25) is 0 Å². The lowest BCUT2D eigenvalue weighted by Gasteiger charge is -2.24. The minimum atomic E-state index is -1.21. The molecule has 5 aromatic rings. The Bertz CT molecular complexity index is 1750. The van der Waals surface area contributed by atoms with Gasteiger partial charge >= 0.3 is 0 Å². The highest BCUT2D eigenvalue weighted by Gasteiger charge is 2.24. The number of hydrogen-bond acceptors (Lipinski definition) is 7. The van der Waals surface area contributed by atoms with Crippen molar-refractivity contribution < 1.29 is 28.8 Å². The third kappa shape index (κ3) is 6.45. The molecule has 8 heteroatoms. The lowest BCUT2D eigenvalue weighted by molar-refractivity contribution is 0.0933. The topological polar surface area (TPSA) is 93.9 Å². The van der Waals surface area contributed by atoms with Crippen molar-refractivity contribution >= 4 is 10.9 Å². The summed E-state index contributed by atoms with van der Waals surface area (Å²) in [6.45, 7) is 8.11. The second-order valence-corrected chi connectivity index (χ2v) is 11.4. The zero-order chi connectivity index (χ0) is 30.7. The lowest BCUT2D eigenvalue weighted by Crippen LogP contribution is -2.12. The normalized spacial score (nSPS) is 12.3. The quantitative estimate of drug-likeness (QED) is 0.186. The standard InChI is InChI=1S/C35H35FN2O5/c1-21-15-23(35(2,3)4)16-31(43-28-12-11-24(36)17-29(28)41-5)32(21)26-18-30(42-20-22-9-7-6-8-10-22)33-25(38-26)13-14-37-34(33)27(40)19-39/h6-18,27,39-40H,19-20H2,1-5H3. The van der Waals surface area contributed by atoms with Crippen LogP contribution in [0.4, 0.5) is 4.39 Å². The first-order chi connectivity index (χ1) is 20.6. The number of aliphatic hydroxyl groups excluding tert-OH is 2. The first-order valence-corrected chi connectivity index (χ1v) is 14.0. The predicted molar refractivity (Wildman–Crippen MR) is 164 cm³/mol. The Morgan fingerprint density at radius 1 is 0.907 bits per heavy atom. The van der Waals surface area contributed by atoms with Crippen molar-refractivity contribution in [3.05, 3.63) is 107 Å². The van der Waals surface area contributed by atoms with E-state index in [4.69, 9.17) is 19.2 Å². The monoisotopic (exact) mass is 582 g/mol. The molecule has 222 valence electrons. The van der Waals surface area contributed by atoms with Crippen LogP contribution in [0.15, 0.2) is 79.0 Å². The minimum Gasteiger partial charge on any atom is -0.493 e. The van der Waals surface area contributed by atoms with Gasteiger partial charge in [-0.3, -0.25) is 4.98 Å². The van der Waals surface area contributed by atoms with Crippen LogP contribution in [-0.4, -0.2) is 33.9 Å². The van der Waals surface area contributed by atoms with E-state index in [0.29, 0.717) is 39.4 Å². The molecule has 2 aromatic heterocycles. The number of ether oxygens (including phenoxy) is 3. The number of halogens is 1. The smallest absolute Gasteiger partial charge is 0.169 e. The molecule has 0 spiro atoms. The van der Waals surface area contributed by atoms with Gasteiger partial charge in [0.1, 0.15) is 30.0 Å². The largest absolute Gasteiger partial charge is 0.493 e. The summed E-state index contributed by atoms with van der Waals surface area (Å²) in [6.07, 6.45) is 0.332. The van der Waals surface area contributed by atoms with E-state index in [9.17, 15) is 14.6 Å². The molecule has 0 amide bonds. The Morgan fingerprint density at radius 3 is 2.37 bits per heavy atom. The summed E-state index contributed by atoms with van der Waals surface area (Å²) >= 11 is 0.